The predicted molar refractivity (Wildman–Crippen MR) is 92.1 cm³/mol. The Labute approximate surface area is 128 Å². The Morgan fingerprint density at radius 2 is 1.62 bits per heavy atom. The van der Waals surface area contributed by atoms with Crippen LogP contribution in [0.4, 0.5) is 0 Å². The van der Waals surface area contributed by atoms with Crippen molar-refractivity contribution in [3.63, 3.8) is 0 Å². The van der Waals surface area contributed by atoms with E-state index in [0.29, 0.717) is 0 Å². The third-order valence-corrected chi connectivity index (χ3v) is 3.72. The second kappa shape index (κ2) is 7.49. The maximum Gasteiger partial charge on any atom is 0.118 e. The van der Waals surface area contributed by atoms with Gasteiger partial charge in [0.05, 0.1) is 7.11 Å². The van der Waals surface area contributed by atoms with Crippen LogP contribution < -0.4 is 4.74 Å². The average Bonchev–Trinajstić information content (AvgIpc) is 2.56. The summed E-state index contributed by atoms with van der Waals surface area (Å²) in [5, 5.41) is 0. The molecule has 0 bridgehead atoms. The van der Waals surface area contributed by atoms with Gasteiger partial charge in [-0.1, -0.05) is 48.0 Å². The summed E-state index contributed by atoms with van der Waals surface area (Å²) < 4.78 is 5.21. The quantitative estimate of drug-likeness (QED) is 0.691. The number of methoxy groups -OCH3 is 1. The van der Waals surface area contributed by atoms with Crippen molar-refractivity contribution < 1.29 is 4.74 Å². The Hall–Kier alpha value is -2.28. The molecule has 0 aliphatic carbocycles. The molecule has 0 N–H and O–H groups in total. The van der Waals surface area contributed by atoms with Crippen molar-refractivity contribution in [1.29, 1.82) is 0 Å². The first-order valence-corrected chi connectivity index (χ1v) is 6.95. The third kappa shape index (κ3) is 3.63. The van der Waals surface area contributed by atoms with Gasteiger partial charge in [0.15, 0.2) is 0 Å². The molecule has 2 aromatic carbocycles. The molecular weight excluding hydrogens is 256 g/mol. The van der Waals surface area contributed by atoms with E-state index in [1.165, 1.54) is 16.7 Å². The maximum absolute atomic E-state index is 5.21. The Morgan fingerprint density at radius 1 is 1.00 bits per heavy atom. The third-order valence-electron chi connectivity index (χ3n) is 3.72. The zero-order valence-corrected chi connectivity index (χ0v) is 13.2. The molecule has 0 radical (unpaired) electrons. The van der Waals surface area contributed by atoms with Crippen LogP contribution in [0.1, 0.15) is 23.6 Å². The second-order valence-electron chi connectivity index (χ2n) is 5.00. The fourth-order valence-corrected chi connectivity index (χ4v) is 2.31. The lowest BCUT2D eigenvalue weighted by atomic mass is 9.76. The predicted octanol–water partition coefficient (Wildman–Crippen LogP) is 5.30. The molecule has 110 valence electrons. The van der Waals surface area contributed by atoms with Crippen LogP contribution in [0.25, 0.3) is 0 Å². The minimum atomic E-state index is -0.182. The zero-order chi connectivity index (χ0) is 15.9. The standard InChI is InChI=1S/C18H20O.C2H4/c1-5-18(3,16-8-6-7-14(2)13-16)15-9-11-17(19-4)12-10-15;1-2/h5-13H,1H2,2-4H3;1-2H2. The summed E-state index contributed by atoms with van der Waals surface area (Å²) in [6, 6.07) is 16.8. The number of hydrogen-bond donors (Lipinski definition) is 0. The van der Waals surface area contributed by atoms with Gasteiger partial charge in [-0.2, -0.15) is 0 Å². The summed E-state index contributed by atoms with van der Waals surface area (Å²) in [6.07, 6.45) is 2.00. The lowest BCUT2D eigenvalue weighted by molar-refractivity contribution is 0.414. The molecule has 0 aromatic heterocycles. The van der Waals surface area contributed by atoms with Crippen LogP contribution in [-0.4, -0.2) is 7.11 Å². The van der Waals surface area contributed by atoms with E-state index in [0.717, 1.165) is 5.75 Å². The summed E-state index contributed by atoms with van der Waals surface area (Å²) in [4.78, 5) is 0. The molecule has 0 heterocycles. The van der Waals surface area contributed by atoms with Gasteiger partial charge in [-0.15, -0.1) is 19.7 Å². The smallest absolute Gasteiger partial charge is 0.118 e. The highest BCUT2D eigenvalue weighted by atomic mass is 16.5. The first-order valence-electron chi connectivity index (χ1n) is 6.95. The van der Waals surface area contributed by atoms with Crippen LogP contribution in [0.2, 0.25) is 0 Å². The number of rotatable bonds is 4. The molecule has 1 atom stereocenters. The molecule has 21 heavy (non-hydrogen) atoms. The molecule has 0 spiro atoms. The van der Waals surface area contributed by atoms with Gasteiger partial charge in [0.25, 0.3) is 0 Å². The Morgan fingerprint density at radius 3 is 2.10 bits per heavy atom. The van der Waals surface area contributed by atoms with E-state index in [4.69, 9.17) is 4.74 Å². The first-order chi connectivity index (χ1) is 10.1. The van der Waals surface area contributed by atoms with Gasteiger partial charge in [0, 0.05) is 5.41 Å². The van der Waals surface area contributed by atoms with Crippen LogP contribution in [-0.2, 0) is 5.41 Å². The fourth-order valence-electron chi connectivity index (χ4n) is 2.31. The highest BCUT2D eigenvalue weighted by Crippen LogP contribution is 2.34. The molecule has 1 nitrogen and oxygen atoms in total. The van der Waals surface area contributed by atoms with Crippen LogP contribution in [0, 0.1) is 6.92 Å². The van der Waals surface area contributed by atoms with Crippen molar-refractivity contribution in [2.24, 2.45) is 0 Å². The van der Waals surface area contributed by atoms with Crippen molar-refractivity contribution in [3.05, 3.63) is 91.0 Å². The summed E-state index contributed by atoms with van der Waals surface area (Å²) in [5.74, 6) is 0.874. The average molecular weight is 280 g/mol. The van der Waals surface area contributed by atoms with Gasteiger partial charge < -0.3 is 4.74 Å². The van der Waals surface area contributed by atoms with Crippen LogP contribution in [0.3, 0.4) is 0 Å². The van der Waals surface area contributed by atoms with Crippen LogP contribution in [0.5, 0.6) is 5.75 Å². The Bertz CT molecular complexity index is 583. The monoisotopic (exact) mass is 280 g/mol. The van der Waals surface area contributed by atoms with E-state index in [2.05, 4.69) is 70.0 Å². The largest absolute Gasteiger partial charge is 0.497 e. The minimum absolute atomic E-state index is 0.182. The fraction of sp³-hybridized carbons (Fsp3) is 0.200. The molecular formula is C20H24O. The van der Waals surface area contributed by atoms with Crippen LogP contribution >= 0.6 is 0 Å². The molecule has 0 saturated heterocycles. The lowest BCUT2D eigenvalue weighted by Crippen LogP contribution is -2.20. The van der Waals surface area contributed by atoms with E-state index < -0.39 is 0 Å². The Balaban J connectivity index is 0.00000106. The van der Waals surface area contributed by atoms with Crippen molar-refractivity contribution >= 4 is 0 Å². The first kappa shape index (κ1) is 16.8. The molecule has 1 heteroatoms. The molecule has 2 aromatic rings. The van der Waals surface area contributed by atoms with E-state index in [1.54, 1.807) is 7.11 Å². The Kier molecular flexibility index (Phi) is 5.98. The van der Waals surface area contributed by atoms with Gasteiger partial charge in [0.2, 0.25) is 0 Å². The summed E-state index contributed by atoms with van der Waals surface area (Å²) in [6.45, 7) is 14.3. The number of benzene rings is 2. The molecule has 0 amide bonds. The van der Waals surface area contributed by atoms with Crippen molar-refractivity contribution in [3.8, 4) is 5.75 Å². The van der Waals surface area contributed by atoms with Gasteiger partial charge in [-0.05, 0) is 37.1 Å². The van der Waals surface area contributed by atoms with Crippen molar-refractivity contribution in [2.75, 3.05) is 7.11 Å². The van der Waals surface area contributed by atoms with E-state index in [1.807, 2.05) is 18.2 Å². The highest BCUT2D eigenvalue weighted by Gasteiger charge is 2.25. The zero-order valence-electron chi connectivity index (χ0n) is 13.2. The maximum atomic E-state index is 5.21. The lowest BCUT2D eigenvalue weighted by Gasteiger charge is -2.27. The second-order valence-corrected chi connectivity index (χ2v) is 5.00. The van der Waals surface area contributed by atoms with Gasteiger partial charge in [-0.3, -0.25) is 0 Å². The molecule has 0 aliphatic rings. The normalized spacial score (nSPS) is 12.5. The number of hydrogen-bond acceptors (Lipinski definition) is 1. The van der Waals surface area contributed by atoms with Gasteiger partial charge in [-0.25, -0.2) is 0 Å². The van der Waals surface area contributed by atoms with E-state index in [-0.39, 0.29) is 5.41 Å². The SMILES string of the molecule is C=C.C=CC(C)(c1ccc(OC)cc1)c1cccc(C)c1. The van der Waals surface area contributed by atoms with Crippen molar-refractivity contribution in [1.82, 2.24) is 0 Å². The van der Waals surface area contributed by atoms with Crippen LogP contribution in [0.15, 0.2) is 74.3 Å². The number of allylic oxidation sites excluding steroid dienone is 1. The molecule has 0 aliphatic heterocycles. The van der Waals surface area contributed by atoms with E-state index >= 15 is 0 Å². The highest BCUT2D eigenvalue weighted by molar-refractivity contribution is 5.45. The minimum Gasteiger partial charge on any atom is -0.497 e. The molecule has 1 unspecified atom stereocenters. The topological polar surface area (TPSA) is 9.23 Å². The van der Waals surface area contributed by atoms with E-state index in [9.17, 15) is 0 Å². The van der Waals surface area contributed by atoms with Gasteiger partial charge >= 0.3 is 0 Å². The molecule has 0 fully saturated rings. The molecule has 2 rings (SSSR count). The number of ether oxygens (including phenoxy) is 1. The van der Waals surface area contributed by atoms with Crippen molar-refractivity contribution in [2.45, 2.75) is 19.3 Å². The number of aryl methyl sites for hydroxylation is 1. The molecule has 0 saturated carbocycles. The van der Waals surface area contributed by atoms with Gasteiger partial charge in [0.1, 0.15) is 5.75 Å². The summed E-state index contributed by atoms with van der Waals surface area (Å²) in [5.41, 5.74) is 3.55. The summed E-state index contributed by atoms with van der Waals surface area (Å²) in [7, 11) is 1.68. The summed E-state index contributed by atoms with van der Waals surface area (Å²) >= 11 is 0.